The summed E-state index contributed by atoms with van der Waals surface area (Å²) in [5.74, 6) is 0.385. The molecule has 0 amide bonds. The molecule has 0 radical (unpaired) electrons. The lowest BCUT2D eigenvalue weighted by Gasteiger charge is -2.23. The number of rotatable bonds is 6. The SMILES string of the molecule is COC(=O)C(CC(C)C)NC1CCN(C2CC2)C1. The molecule has 1 N–H and O–H groups in total. The van der Waals surface area contributed by atoms with Crippen LogP contribution < -0.4 is 5.32 Å². The maximum atomic E-state index is 11.8. The van der Waals surface area contributed by atoms with Crippen LogP contribution in [0.3, 0.4) is 0 Å². The van der Waals surface area contributed by atoms with Crippen molar-refractivity contribution >= 4 is 5.97 Å². The monoisotopic (exact) mass is 254 g/mol. The molecule has 0 aromatic heterocycles. The summed E-state index contributed by atoms with van der Waals surface area (Å²) in [4.78, 5) is 14.3. The van der Waals surface area contributed by atoms with Gasteiger partial charge in [0.05, 0.1) is 7.11 Å². The molecule has 2 aliphatic rings. The smallest absolute Gasteiger partial charge is 0.322 e. The van der Waals surface area contributed by atoms with Crippen LogP contribution in [-0.2, 0) is 9.53 Å². The Morgan fingerprint density at radius 1 is 1.39 bits per heavy atom. The molecule has 2 fully saturated rings. The lowest BCUT2D eigenvalue weighted by atomic mass is 10.0. The van der Waals surface area contributed by atoms with Crippen molar-refractivity contribution in [2.24, 2.45) is 5.92 Å². The fourth-order valence-electron chi connectivity index (χ4n) is 2.83. The molecule has 104 valence electrons. The number of carbonyl (C=O) groups excluding carboxylic acids is 1. The summed E-state index contributed by atoms with van der Waals surface area (Å²) in [6, 6.07) is 1.14. The van der Waals surface area contributed by atoms with Crippen molar-refractivity contribution in [1.82, 2.24) is 10.2 Å². The van der Waals surface area contributed by atoms with Crippen molar-refractivity contribution in [2.75, 3.05) is 20.2 Å². The molecule has 2 atom stereocenters. The third kappa shape index (κ3) is 3.69. The van der Waals surface area contributed by atoms with Gasteiger partial charge in [0.1, 0.15) is 6.04 Å². The van der Waals surface area contributed by atoms with Gasteiger partial charge in [0, 0.05) is 25.2 Å². The Labute approximate surface area is 110 Å². The molecule has 0 aromatic rings. The zero-order valence-electron chi connectivity index (χ0n) is 11.8. The van der Waals surface area contributed by atoms with Crippen LogP contribution in [0.1, 0.15) is 39.5 Å². The maximum Gasteiger partial charge on any atom is 0.322 e. The highest BCUT2D eigenvalue weighted by Gasteiger charge is 2.35. The summed E-state index contributed by atoms with van der Waals surface area (Å²) in [7, 11) is 1.47. The van der Waals surface area contributed by atoms with Crippen molar-refractivity contribution in [3.8, 4) is 0 Å². The predicted octanol–water partition coefficient (Wildman–Crippen LogP) is 1.40. The molecule has 1 saturated heterocycles. The summed E-state index contributed by atoms with van der Waals surface area (Å²) in [5.41, 5.74) is 0. The molecule has 4 nitrogen and oxygen atoms in total. The van der Waals surface area contributed by atoms with E-state index >= 15 is 0 Å². The minimum Gasteiger partial charge on any atom is -0.468 e. The van der Waals surface area contributed by atoms with Gasteiger partial charge in [-0.15, -0.1) is 0 Å². The average molecular weight is 254 g/mol. The van der Waals surface area contributed by atoms with Crippen molar-refractivity contribution < 1.29 is 9.53 Å². The summed E-state index contributed by atoms with van der Waals surface area (Å²) in [6.45, 7) is 6.56. The third-order valence-corrected chi connectivity index (χ3v) is 3.91. The van der Waals surface area contributed by atoms with E-state index < -0.39 is 0 Å². The molecular weight excluding hydrogens is 228 g/mol. The second-order valence-corrected chi connectivity index (χ2v) is 6.08. The molecule has 1 aliphatic heterocycles. The van der Waals surface area contributed by atoms with Crippen LogP contribution in [-0.4, -0.2) is 49.2 Å². The lowest BCUT2D eigenvalue weighted by Crippen LogP contribution is -2.45. The summed E-state index contributed by atoms with van der Waals surface area (Å²) in [6.07, 6.45) is 4.73. The van der Waals surface area contributed by atoms with Gasteiger partial charge in [-0.25, -0.2) is 0 Å². The third-order valence-electron chi connectivity index (χ3n) is 3.91. The number of hydrogen-bond donors (Lipinski definition) is 1. The van der Waals surface area contributed by atoms with E-state index in [-0.39, 0.29) is 12.0 Å². The highest BCUT2D eigenvalue weighted by molar-refractivity contribution is 5.75. The van der Waals surface area contributed by atoms with Gasteiger partial charge in [0.2, 0.25) is 0 Å². The molecule has 2 unspecified atom stereocenters. The molecule has 4 heteroatoms. The maximum absolute atomic E-state index is 11.8. The largest absolute Gasteiger partial charge is 0.468 e. The number of methoxy groups -OCH3 is 1. The van der Waals surface area contributed by atoms with E-state index in [2.05, 4.69) is 24.1 Å². The quantitative estimate of drug-likeness (QED) is 0.728. The van der Waals surface area contributed by atoms with Crippen molar-refractivity contribution in [3.05, 3.63) is 0 Å². The summed E-state index contributed by atoms with van der Waals surface area (Å²) in [5, 5.41) is 3.49. The van der Waals surface area contributed by atoms with E-state index in [4.69, 9.17) is 4.74 Å². The number of nitrogens with one attached hydrogen (secondary N) is 1. The molecular formula is C14H26N2O2. The van der Waals surface area contributed by atoms with Crippen LogP contribution >= 0.6 is 0 Å². The molecule has 1 saturated carbocycles. The molecule has 0 spiro atoms. The van der Waals surface area contributed by atoms with Crippen LogP contribution in [0.4, 0.5) is 0 Å². The zero-order chi connectivity index (χ0) is 13.1. The first-order valence-electron chi connectivity index (χ1n) is 7.18. The summed E-state index contributed by atoms with van der Waals surface area (Å²) >= 11 is 0. The predicted molar refractivity (Wildman–Crippen MR) is 71.4 cm³/mol. The molecule has 18 heavy (non-hydrogen) atoms. The van der Waals surface area contributed by atoms with Crippen LogP contribution in [0.2, 0.25) is 0 Å². The number of hydrogen-bond acceptors (Lipinski definition) is 4. The van der Waals surface area contributed by atoms with E-state index in [1.54, 1.807) is 0 Å². The number of ether oxygens (including phenoxy) is 1. The normalized spacial score (nSPS) is 26.6. The molecule has 1 heterocycles. The standard InChI is InChI=1S/C14H26N2O2/c1-10(2)8-13(14(17)18-3)15-11-6-7-16(9-11)12-4-5-12/h10-13,15H,4-9H2,1-3H3. The Kier molecular flexibility index (Phi) is 4.62. The van der Waals surface area contributed by atoms with Gasteiger partial charge in [-0.3, -0.25) is 9.69 Å². The van der Waals surface area contributed by atoms with Gasteiger partial charge in [-0.2, -0.15) is 0 Å². The fourth-order valence-corrected chi connectivity index (χ4v) is 2.83. The topological polar surface area (TPSA) is 41.6 Å². The second kappa shape index (κ2) is 6.02. The molecule has 1 aliphatic carbocycles. The fraction of sp³-hybridized carbons (Fsp3) is 0.929. The number of esters is 1. The molecule has 2 rings (SSSR count). The Balaban J connectivity index is 1.82. The van der Waals surface area contributed by atoms with Crippen LogP contribution in [0, 0.1) is 5.92 Å². The van der Waals surface area contributed by atoms with Crippen molar-refractivity contribution in [1.29, 1.82) is 0 Å². The Bertz CT molecular complexity index is 290. The van der Waals surface area contributed by atoms with Gasteiger partial charge in [0.15, 0.2) is 0 Å². The van der Waals surface area contributed by atoms with Crippen LogP contribution in [0.5, 0.6) is 0 Å². The molecule has 0 bridgehead atoms. The van der Waals surface area contributed by atoms with E-state index in [0.717, 1.165) is 25.4 Å². The van der Waals surface area contributed by atoms with E-state index in [1.165, 1.54) is 26.5 Å². The lowest BCUT2D eigenvalue weighted by molar-refractivity contribution is -0.143. The van der Waals surface area contributed by atoms with Crippen LogP contribution in [0.25, 0.3) is 0 Å². The first-order chi connectivity index (χ1) is 8.60. The van der Waals surface area contributed by atoms with Gasteiger partial charge in [-0.1, -0.05) is 13.8 Å². The molecule has 0 aromatic carbocycles. The minimum absolute atomic E-state index is 0.117. The highest BCUT2D eigenvalue weighted by atomic mass is 16.5. The Morgan fingerprint density at radius 2 is 2.11 bits per heavy atom. The van der Waals surface area contributed by atoms with Gasteiger partial charge < -0.3 is 10.1 Å². The Hall–Kier alpha value is -0.610. The van der Waals surface area contributed by atoms with Crippen molar-refractivity contribution in [3.63, 3.8) is 0 Å². The summed E-state index contributed by atoms with van der Waals surface area (Å²) < 4.78 is 4.90. The van der Waals surface area contributed by atoms with E-state index in [9.17, 15) is 4.79 Å². The first kappa shape index (κ1) is 13.8. The second-order valence-electron chi connectivity index (χ2n) is 6.08. The van der Waals surface area contributed by atoms with Gasteiger partial charge in [-0.05, 0) is 31.6 Å². The van der Waals surface area contributed by atoms with E-state index in [1.807, 2.05) is 0 Å². The first-order valence-corrected chi connectivity index (χ1v) is 7.18. The number of likely N-dealkylation sites (tertiary alicyclic amines) is 1. The highest BCUT2D eigenvalue weighted by Crippen LogP contribution is 2.30. The van der Waals surface area contributed by atoms with E-state index in [0.29, 0.717) is 12.0 Å². The average Bonchev–Trinajstić information content (AvgIpc) is 3.08. The van der Waals surface area contributed by atoms with Gasteiger partial charge in [0.25, 0.3) is 0 Å². The van der Waals surface area contributed by atoms with Crippen LogP contribution in [0.15, 0.2) is 0 Å². The Morgan fingerprint density at radius 3 is 2.67 bits per heavy atom. The van der Waals surface area contributed by atoms with Gasteiger partial charge >= 0.3 is 5.97 Å². The number of nitrogens with zero attached hydrogens (tertiary/aromatic N) is 1. The zero-order valence-corrected chi connectivity index (χ0v) is 11.8. The van der Waals surface area contributed by atoms with Crippen molar-refractivity contribution in [2.45, 2.75) is 57.7 Å². The minimum atomic E-state index is -0.140. The number of carbonyl (C=O) groups is 1.